The SMILES string of the molecule is C[C@@H](O)[C@@H]1NC(=O)[C@H](CCCCN)NC(=O)[C@@H](Cc2c[nH]c3ccccc23)NC(=O)[C@H](Cc2ccccc2)NC(=O)[C@@H]2C[C@@H](O)CN2C(=O)[C@H](Cc2ccccc2)NC1=O. The number of nitrogens with two attached hydrogens (primary N) is 1. The van der Waals surface area contributed by atoms with E-state index in [9.17, 15) is 39.0 Å². The van der Waals surface area contributed by atoms with Gasteiger partial charge in [0.2, 0.25) is 35.4 Å². The number of fused-ring (bicyclic) bond motifs is 2. The number of benzene rings is 3. The molecule has 0 aliphatic carbocycles. The van der Waals surface area contributed by atoms with Crippen molar-refractivity contribution in [3.63, 3.8) is 0 Å². The van der Waals surface area contributed by atoms with Gasteiger partial charge in [0.15, 0.2) is 0 Å². The Balaban J connectivity index is 1.41. The van der Waals surface area contributed by atoms with E-state index in [1.54, 1.807) is 60.8 Å². The summed E-state index contributed by atoms with van der Waals surface area (Å²) in [7, 11) is 0. The molecule has 10 N–H and O–H groups in total. The average Bonchev–Trinajstić information content (AvgIpc) is 3.84. The summed E-state index contributed by atoms with van der Waals surface area (Å²) in [5.74, 6) is -4.46. The van der Waals surface area contributed by atoms with Crippen LogP contribution >= 0.6 is 0 Å². The number of aromatic nitrogens is 1. The summed E-state index contributed by atoms with van der Waals surface area (Å²) in [6.45, 7) is 1.39. The van der Waals surface area contributed by atoms with Gasteiger partial charge in [0.25, 0.3) is 0 Å². The predicted octanol–water partition coefficient (Wildman–Crippen LogP) is 0.105. The van der Waals surface area contributed by atoms with Gasteiger partial charge < -0.3 is 52.4 Å². The second-order valence-corrected chi connectivity index (χ2v) is 15.6. The van der Waals surface area contributed by atoms with Gasteiger partial charge in [0, 0.05) is 49.3 Å². The highest BCUT2D eigenvalue weighted by Gasteiger charge is 2.44. The molecule has 6 rings (SSSR count). The minimum Gasteiger partial charge on any atom is -0.391 e. The fraction of sp³-hybridized carbons (Fsp3) is 0.409. The zero-order valence-corrected chi connectivity index (χ0v) is 33.5. The standard InChI is InChI=1S/C44H54N8O8/c1-26(53)38-43(59)50-36(21-28-14-6-3-7-15-28)44(60)52-25-30(54)23-37(52)42(58)49-34(20-27-12-4-2-5-13-27)40(56)48-35(22-29-24-46-32-17-9-8-16-31(29)32)41(57)47-33(39(55)51-38)18-10-11-19-45/h2-9,12-17,24,26,30,33-38,46,53-54H,10-11,18-23,25,45H2,1H3,(H,47,57)(H,48,56)(H,49,58)(H,50,59)(H,51,55)/t26-,30-,33+,34+,35-,36+,37+,38+/m1/s1. The van der Waals surface area contributed by atoms with Crippen LogP contribution in [0.15, 0.2) is 91.1 Å². The summed E-state index contributed by atoms with van der Waals surface area (Å²) < 4.78 is 0. The number of carbonyl (C=O) groups is 6. The molecule has 4 aromatic rings. The third-order valence-corrected chi connectivity index (χ3v) is 11.1. The van der Waals surface area contributed by atoms with Crippen molar-refractivity contribution in [2.75, 3.05) is 13.1 Å². The molecular formula is C44H54N8O8. The minimum absolute atomic E-state index is 0.0106. The molecule has 2 aliphatic heterocycles. The van der Waals surface area contributed by atoms with Crippen LogP contribution in [0.1, 0.15) is 49.3 Å². The molecule has 0 saturated carbocycles. The third kappa shape index (κ3) is 10.9. The van der Waals surface area contributed by atoms with Crippen molar-refractivity contribution in [1.29, 1.82) is 0 Å². The van der Waals surface area contributed by atoms with E-state index in [1.165, 1.54) is 11.8 Å². The number of aliphatic hydroxyl groups is 2. The Morgan fingerprint density at radius 3 is 1.87 bits per heavy atom. The van der Waals surface area contributed by atoms with E-state index >= 15 is 0 Å². The number of nitrogens with zero attached hydrogens (tertiary/aromatic N) is 1. The zero-order valence-electron chi connectivity index (χ0n) is 33.5. The first kappa shape index (κ1) is 43.5. The molecule has 0 radical (unpaired) electrons. The highest BCUT2D eigenvalue weighted by atomic mass is 16.3. The first-order valence-electron chi connectivity index (χ1n) is 20.4. The van der Waals surface area contributed by atoms with Crippen LogP contribution in [0.2, 0.25) is 0 Å². The molecule has 16 nitrogen and oxygen atoms in total. The van der Waals surface area contributed by atoms with Gasteiger partial charge in [-0.3, -0.25) is 28.8 Å². The van der Waals surface area contributed by atoms with Crippen molar-refractivity contribution >= 4 is 46.3 Å². The number of para-hydroxylation sites is 1. The van der Waals surface area contributed by atoms with Gasteiger partial charge in [-0.15, -0.1) is 0 Å². The molecule has 0 bridgehead atoms. The molecule has 6 amide bonds. The second kappa shape index (κ2) is 20.2. The number of amides is 6. The number of H-pyrrole nitrogens is 1. The first-order chi connectivity index (χ1) is 28.9. The topological polar surface area (TPSA) is 248 Å². The minimum atomic E-state index is -1.57. The number of unbranched alkanes of at least 4 members (excludes halogenated alkanes) is 1. The van der Waals surface area contributed by atoms with E-state index in [0.29, 0.717) is 36.1 Å². The van der Waals surface area contributed by atoms with E-state index in [4.69, 9.17) is 5.73 Å². The highest BCUT2D eigenvalue weighted by Crippen LogP contribution is 2.23. The normalized spacial score (nSPS) is 25.3. The molecule has 16 heteroatoms. The van der Waals surface area contributed by atoms with Crippen molar-refractivity contribution < 1.29 is 39.0 Å². The lowest BCUT2D eigenvalue weighted by atomic mass is 10.00. The molecule has 3 aromatic carbocycles. The predicted molar refractivity (Wildman–Crippen MR) is 223 cm³/mol. The van der Waals surface area contributed by atoms with Gasteiger partial charge in [-0.2, -0.15) is 0 Å². The largest absolute Gasteiger partial charge is 0.391 e. The lowest BCUT2D eigenvalue weighted by Gasteiger charge is -2.32. The van der Waals surface area contributed by atoms with Crippen molar-refractivity contribution in [2.24, 2.45) is 5.73 Å². The zero-order chi connectivity index (χ0) is 42.8. The molecule has 3 heterocycles. The van der Waals surface area contributed by atoms with Crippen LogP contribution in [-0.2, 0) is 48.0 Å². The molecule has 60 heavy (non-hydrogen) atoms. The summed E-state index contributed by atoms with van der Waals surface area (Å²) in [4.78, 5) is 90.2. The lowest BCUT2D eigenvalue weighted by molar-refractivity contribution is -0.143. The number of rotatable bonds is 11. The summed E-state index contributed by atoms with van der Waals surface area (Å²) in [5, 5.41) is 36.3. The number of aromatic amines is 1. The van der Waals surface area contributed by atoms with Crippen LogP contribution in [0.3, 0.4) is 0 Å². The Kier molecular flexibility index (Phi) is 14.7. The summed E-state index contributed by atoms with van der Waals surface area (Å²) >= 11 is 0. The molecular weight excluding hydrogens is 769 g/mol. The summed E-state index contributed by atoms with van der Waals surface area (Å²) in [5.41, 5.74) is 8.64. The van der Waals surface area contributed by atoms with Gasteiger partial charge in [0.05, 0.1) is 12.2 Å². The smallest absolute Gasteiger partial charge is 0.246 e. The maximum Gasteiger partial charge on any atom is 0.246 e. The van der Waals surface area contributed by atoms with Gasteiger partial charge >= 0.3 is 0 Å². The molecule has 1 aromatic heterocycles. The van der Waals surface area contributed by atoms with Crippen molar-refractivity contribution in [2.45, 2.75) is 100 Å². The van der Waals surface area contributed by atoms with Crippen LogP contribution in [0.25, 0.3) is 10.9 Å². The fourth-order valence-corrected chi connectivity index (χ4v) is 7.84. The third-order valence-electron chi connectivity index (χ3n) is 11.1. The van der Waals surface area contributed by atoms with Gasteiger partial charge in [-0.1, -0.05) is 78.9 Å². The van der Waals surface area contributed by atoms with Gasteiger partial charge in [-0.25, -0.2) is 0 Å². The van der Waals surface area contributed by atoms with E-state index < -0.39 is 83.9 Å². The second-order valence-electron chi connectivity index (χ2n) is 15.6. The van der Waals surface area contributed by atoms with Crippen molar-refractivity contribution in [3.05, 3.63) is 108 Å². The number of aliphatic hydroxyl groups excluding tert-OH is 2. The molecule has 2 fully saturated rings. The number of nitrogens with one attached hydrogen (secondary N) is 6. The Labute approximate surface area is 348 Å². The molecule has 0 unspecified atom stereocenters. The quantitative estimate of drug-likeness (QED) is 0.0931. The van der Waals surface area contributed by atoms with Crippen molar-refractivity contribution in [3.8, 4) is 0 Å². The molecule has 318 valence electrons. The number of carbonyl (C=O) groups excluding carboxylic acids is 6. The molecule has 2 saturated heterocycles. The van der Waals surface area contributed by atoms with Crippen LogP contribution in [0.5, 0.6) is 0 Å². The van der Waals surface area contributed by atoms with Crippen molar-refractivity contribution in [1.82, 2.24) is 36.5 Å². The number of hydrogen-bond donors (Lipinski definition) is 9. The highest BCUT2D eigenvalue weighted by molar-refractivity contribution is 5.99. The monoisotopic (exact) mass is 822 g/mol. The Hall–Kier alpha value is -6.10. The Morgan fingerprint density at radius 2 is 1.22 bits per heavy atom. The van der Waals surface area contributed by atoms with Crippen LogP contribution in [0.4, 0.5) is 0 Å². The van der Waals surface area contributed by atoms with Gasteiger partial charge in [0.1, 0.15) is 36.3 Å². The van der Waals surface area contributed by atoms with E-state index in [0.717, 1.165) is 10.9 Å². The lowest BCUT2D eigenvalue weighted by Crippen LogP contribution is -2.63. The van der Waals surface area contributed by atoms with Gasteiger partial charge in [-0.05, 0) is 55.5 Å². The molecule has 8 atom stereocenters. The van der Waals surface area contributed by atoms with Crippen LogP contribution in [0, 0.1) is 0 Å². The molecule has 0 spiro atoms. The summed E-state index contributed by atoms with van der Waals surface area (Å²) in [6.07, 6.45) is 0.0640. The Bertz CT molecular complexity index is 2130. The van der Waals surface area contributed by atoms with E-state index in [1.807, 2.05) is 30.3 Å². The van der Waals surface area contributed by atoms with Crippen LogP contribution in [-0.4, -0.2) is 117 Å². The number of hydrogen-bond acceptors (Lipinski definition) is 9. The van der Waals surface area contributed by atoms with Crippen LogP contribution < -0.4 is 32.3 Å². The van der Waals surface area contributed by atoms with E-state index in [-0.39, 0.29) is 38.6 Å². The average molecular weight is 823 g/mol. The summed E-state index contributed by atoms with van der Waals surface area (Å²) in [6, 6.07) is 17.4. The first-order valence-corrected chi connectivity index (χ1v) is 20.4. The maximum atomic E-state index is 14.5. The molecule has 2 aliphatic rings. The maximum absolute atomic E-state index is 14.5. The fourth-order valence-electron chi connectivity index (χ4n) is 7.84. The Morgan fingerprint density at radius 1 is 0.667 bits per heavy atom. The van der Waals surface area contributed by atoms with E-state index in [2.05, 4.69) is 31.6 Å².